The van der Waals surface area contributed by atoms with E-state index in [1.54, 1.807) is 7.11 Å². The van der Waals surface area contributed by atoms with Crippen LogP contribution in [0.2, 0.25) is 0 Å². The summed E-state index contributed by atoms with van der Waals surface area (Å²) in [6.07, 6.45) is 4.58. The average molecular weight is 574 g/mol. The Morgan fingerprint density at radius 2 is 1.82 bits per heavy atom. The molecule has 1 atom stereocenters. The number of benzene rings is 1. The number of piperidine rings is 1. The normalized spacial score (nSPS) is 21.1. The highest BCUT2D eigenvalue weighted by molar-refractivity contribution is 14.0. The topological polar surface area (TPSA) is 52.6 Å². The molecule has 2 aliphatic rings. The van der Waals surface area contributed by atoms with Gasteiger partial charge in [-0.2, -0.15) is 0 Å². The zero-order chi connectivity index (χ0) is 22.6. The lowest BCUT2D eigenvalue weighted by molar-refractivity contribution is 0.00990. The molecular formula is C25H44IN5O2. The molecule has 1 aromatic rings. The molecule has 7 nitrogen and oxygen atoms in total. The van der Waals surface area contributed by atoms with Crippen LogP contribution >= 0.6 is 24.0 Å². The number of methoxy groups -OCH3 is 1. The van der Waals surface area contributed by atoms with Gasteiger partial charge < -0.3 is 24.6 Å². The molecule has 8 heteroatoms. The predicted molar refractivity (Wildman–Crippen MR) is 147 cm³/mol. The van der Waals surface area contributed by atoms with Gasteiger partial charge in [-0.25, -0.2) is 0 Å². The number of likely N-dealkylation sites (N-methyl/N-ethyl adjacent to an activating group) is 1. The van der Waals surface area contributed by atoms with E-state index >= 15 is 0 Å². The van der Waals surface area contributed by atoms with Crippen LogP contribution in [0.1, 0.15) is 37.3 Å². The minimum atomic E-state index is 0. The molecule has 0 radical (unpaired) electrons. The van der Waals surface area contributed by atoms with E-state index in [-0.39, 0.29) is 24.0 Å². The number of nitrogens with one attached hydrogen (secondary N) is 1. The van der Waals surface area contributed by atoms with E-state index in [2.05, 4.69) is 62.4 Å². The number of nitrogens with zero attached hydrogens (tertiary/aromatic N) is 4. The third kappa shape index (κ3) is 9.32. The number of hydrogen-bond donors (Lipinski definition) is 1. The molecule has 1 aromatic carbocycles. The third-order valence-electron chi connectivity index (χ3n) is 6.58. The van der Waals surface area contributed by atoms with Crippen molar-refractivity contribution in [1.29, 1.82) is 0 Å². The Hall–Kier alpha value is -0.940. The first-order valence-corrected chi connectivity index (χ1v) is 12.2. The van der Waals surface area contributed by atoms with Gasteiger partial charge >= 0.3 is 0 Å². The fourth-order valence-corrected chi connectivity index (χ4v) is 4.72. The van der Waals surface area contributed by atoms with Crippen LogP contribution in [0.3, 0.4) is 0 Å². The molecule has 0 amide bonds. The lowest BCUT2D eigenvalue weighted by atomic mass is 10.0. The highest BCUT2D eigenvalue weighted by Gasteiger charge is 2.26. The summed E-state index contributed by atoms with van der Waals surface area (Å²) in [5, 5.41) is 3.60. The molecule has 0 bridgehead atoms. The first-order chi connectivity index (χ1) is 15.7. The molecule has 2 fully saturated rings. The fourth-order valence-electron chi connectivity index (χ4n) is 4.72. The summed E-state index contributed by atoms with van der Waals surface area (Å²) in [7, 11) is 5.86. The molecule has 1 unspecified atom stereocenters. The number of aliphatic imine (C=N–C) groups is 1. The largest absolute Gasteiger partial charge is 0.385 e. The van der Waals surface area contributed by atoms with Crippen molar-refractivity contribution in [2.75, 3.05) is 80.2 Å². The maximum atomic E-state index is 5.99. The Labute approximate surface area is 217 Å². The van der Waals surface area contributed by atoms with Gasteiger partial charge in [-0.05, 0) is 38.3 Å². The first-order valence-electron chi connectivity index (χ1n) is 12.2. The lowest BCUT2D eigenvalue weighted by Gasteiger charge is -2.40. The van der Waals surface area contributed by atoms with Crippen molar-refractivity contribution >= 4 is 29.9 Å². The van der Waals surface area contributed by atoms with Gasteiger partial charge in [0, 0.05) is 79.2 Å². The summed E-state index contributed by atoms with van der Waals surface area (Å²) < 4.78 is 11.1. The van der Waals surface area contributed by atoms with Crippen molar-refractivity contribution in [1.82, 2.24) is 20.0 Å². The Bertz CT molecular complexity index is 670. The van der Waals surface area contributed by atoms with Crippen molar-refractivity contribution in [3.05, 3.63) is 35.9 Å². The number of guanidine groups is 1. The summed E-state index contributed by atoms with van der Waals surface area (Å²) in [4.78, 5) is 12.0. The summed E-state index contributed by atoms with van der Waals surface area (Å²) in [5.41, 5.74) is 1.43. The minimum absolute atomic E-state index is 0. The van der Waals surface area contributed by atoms with Gasteiger partial charge in [0.1, 0.15) is 0 Å². The molecule has 0 saturated carbocycles. The third-order valence-corrected chi connectivity index (χ3v) is 6.58. The van der Waals surface area contributed by atoms with Crippen LogP contribution in [0, 0.1) is 0 Å². The van der Waals surface area contributed by atoms with Crippen LogP contribution in [-0.2, 0) is 9.47 Å². The molecule has 2 saturated heterocycles. The SMILES string of the molecule is CN=C(NCCCN1CCN(C)CC1c1ccccc1)N1CCC(OCCCOC)CC1.I. The number of likely N-dealkylation sites (tertiary alicyclic amines) is 1. The van der Waals surface area contributed by atoms with Gasteiger partial charge in [0.15, 0.2) is 5.96 Å². The molecule has 188 valence electrons. The van der Waals surface area contributed by atoms with E-state index < -0.39 is 0 Å². The monoisotopic (exact) mass is 573 g/mol. The van der Waals surface area contributed by atoms with Crippen LogP contribution in [0.25, 0.3) is 0 Å². The summed E-state index contributed by atoms with van der Waals surface area (Å²) in [6.45, 7) is 9.00. The molecule has 0 aromatic heterocycles. The Morgan fingerprint density at radius 1 is 1.06 bits per heavy atom. The van der Waals surface area contributed by atoms with E-state index in [0.29, 0.717) is 12.1 Å². The maximum absolute atomic E-state index is 5.99. The molecule has 33 heavy (non-hydrogen) atoms. The van der Waals surface area contributed by atoms with E-state index in [0.717, 1.165) is 90.7 Å². The quantitative estimate of drug-likeness (QED) is 0.201. The predicted octanol–water partition coefficient (Wildman–Crippen LogP) is 3.08. The van der Waals surface area contributed by atoms with Gasteiger partial charge in [-0.3, -0.25) is 9.89 Å². The molecule has 0 aliphatic carbocycles. The number of rotatable bonds is 10. The maximum Gasteiger partial charge on any atom is 0.193 e. The van der Waals surface area contributed by atoms with Crippen molar-refractivity contribution in [3.63, 3.8) is 0 Å². The highest BCUT2D eigenvalue weighted by Crippen LogP contribution is 2.24. The van der Waals surface area contributed by atoms with Crippen molar-refractivity contribution < 1.29 is 9.47 Å². The number of halogens is 1. The second kappa shape index (κ2) is 15.9. The second-order valence-electron chi connectivity index (χ2n) is 8.96. The minimum Gasteiger partial charge on any atom is -0.385 e. The molecule has 3 rings (SSSR count). The van der Waals surface area contributed by atoms with Crippen molar-refractivity contribution in [3.8, 4) is 0 Å². The van der Waals surface area contributed by atoms with Gasteiger partial charge in [0.05, 0.1) is 6.10 Å². The van der Waals surface area contributed by atoms with E-state index in [1.165, 1.54) is 5.56 Å². The first kappa shape index (κ1) is 28.3. The van der Waals surface area contributed by atoms with Crippen LogP contribution in [-0.4, -0.2) is 107 Å². The smallest absolute Gasteiger partial charge is 0.193 e. The van der Waals surface area contributed by atoms with Crippen LogP contribution in [0.15, 0.2) is 35.3 Å². The van der Waals surface area contributed by atoms with E-state index in [1.807, 2.05) is 7.05 Å². The average Bonchev–Trinajstić information content (AvgIpc) is 2.84. The Balaban J connectivity index is 0.00000385. The van der Waals surface area contributed by atoms with Gasteiger partial charge in [0.2, 0.25) is 0 Å². The number of piperazine rings is 1. The standard InChI is InChI=1S/C25H43N5O2.HI/c1-26-25(30-15-11-23(12-16-30)32-20-8-19-31-3)27-13-7-14-29-18-17-28(2)21-24(29)22-9-5-4-6-10-22;/h4-6,9-10,23-24H,7-8,11-21H2,1-3H3,(H,26,27);1H. The lowest BCUT2D eigenvalue weighted by Crippen LogP contribution is -2.49. The van der Waals surface area contributed by atoms with Crippen LogP contribution < -0.4 is 5.32 Å². The van der Waals surface area contributed by atoms with Crippen LogP contribution in [0.5, 0.6) is 0 Å². The molecule has 0 spiro atoms. The molecular weight excluding hydrogens is 529 g/mol. The molecule has 1 N–H and O–H groups in total. The highest BCUT2D eigenvalue weighted by atomic mass is 127. The van der Waals surface area contributed by atoms with Gasteiger partial charge in [-0.1, -0.05) is 30.3 Å². The zero-order valence-corrected chi connectivity index (χ0v) is 23.1. The van der Waals surface area contributed by atoms with Crippen molar-refractivity contribution in [2.24, 2.45) is 4.99 Å². The van der Waals surface area contributed by atoms with E-state index in [4.69, 9.17) is 9.47 Å². The summed E-state index contributed by atoms with van der Waals surface area (Å²) >= 11 is 0. The summed E-state index contributed by atoms with van der Waals surface area (Å²) in [5.74, 6) is 1.03. The molecule has 2 aliphatic heterocycles. The Morgan fingerprint density at radius 3 is 2.52 bits per heavy atom. The Kier molecular flexibility index (Phi) is 13.6. The van der Waals surface area contributed by atoms with Gasteiger partial charge in [0.25, 0.3) is 0 Å². The molecule has 2 heterocycles. The van der Waals surface area contributed by atoms with Crippen molar-refractivity contribution in [2.45, 2.75) is 37.8 Å². The summed E-state index contributed by atoms with van der Waals surface area (Å²) in [6, 6.07) is 11.4. The number of ether oxygens (including phenoxy) is 2. The van der Waals surface area contributed by atoms with Crippen LogP contribution in [0.4, 0.5) is 0 Å². The zero-order valence-electron chi connectivity index (χ0n) is 20.7. The van der Waals surface area contributed by atoms with E-state index in [9.17, 15) is 0 Å². The van der Waals surface area contributed by atoms with Gasteiger partial charge in [-0.15, -0.1) is 24.0 Å². The second-order valence-corrected chi connectivity index (χ2v) is 8.96. The number of hydrogen-bond acceptors (Lipinski definition) is 5. The fraction of sp³-hybridized carbons (Fsp3) is 0.720.